The molecule has 5 heteroatoms. The van der Waals surface area contributed by atoms with Gasteiger partial charge in [0.05, 0.1) is 6.04 Å². The molecule has 2 rings (SSSR count). The van der Waals surface area contributed by atoms with Crippen LogP contribution in [0.5, 0.6) is 0 Å². The number of hydrogen-bond donors (Lipinski definition) is 2. The molecular weight excluding hydrogens is 326 g/mol. The Morgan fingerprint density at radius 3 is 2.79 bits per heavy atom. The molecule has 0 saturated heterocycles. The zero-order valence-corrected chi connectivity index (χ0v) is 12.9. The smallest absolute Gasteiger partial charge is 0.0502 e. The number of hydrogen-bond acceptors (Lipinski definition) is 3. The Labute approximate surface area is 126 Å². The number of hydrazine groups is 1. The Kier molecular flexibility index (Phi) is 4.93. The van der Waals surface area contributed by atoms with Crippen LogP contribution in [0.15, 0.2) is 41.0 Å². The van der Waals surface area contributed by atoms with Crippen molar-refractivity contribution < 1.29 is 0 Å². The van der Waals surface area contributed by atoms with Gasteiger partial charge < -0.3 is 0 Å². The number of nitrogens with two attached hydrogens (primary N) is 1. The topological polar surface area (TPSA) is 50.9 Å². The lowest BCUT2D eigenvalue weighted by molar-refractivity contribution is 0.551. The van der Waals surface area contributed by atoms with Crippen molar-refractivity contribution in [3.05, 3.63) is 62.8 Å². The zero-order valence-electron chi connectivity index (χ0n) is 10.5. The predicted octanol–water partition coefficient (Wildman–Crippen LogP) is 3.55. The summed E-state index contributed by atoms with van der Waals surface area (Å²) in [6.45, 7) is 1.96. The summed E-state index contributed by atoms with van der Waals surface area (Å²) >= 11 is 9.64. The molecule has 0 bridgehead atoms. The number of aryl methyl sites for hydroxylation is 1. The second kappa shape index (κ2) is 6.48. The third-order valence-electron chi connectivity index (χ3n) is 2.96. The fraction of sp³-hybridized carbons (Fsp3) is 0.214. The highest BCUT2D eigenvalue weighted by atomic mass is 79.9. The Hall–Kier alpha value is -0.940. The quantitative estimate of drug-likeness (QED) is 0.661. The third-order valence-corrected chi connectivity index (χ3v) is 3.81. The van der Waals surface area contributed by atoms with Gasteiger partial charge in [-0.1, -0.05) is 33.6 Å². The van der Waals surface area contributed by atoms with E-state index < -0.39 is 0 Å². The summed E-state index contributed by atoms with van der Waals surface area (Å²) in [7, 11) is 0. The summed E-state index contributed by atoms with van der Waals surface area (Å²) in [5, 5.41) is 0.736. The van der Waals surface area contributed by atoms with E-state index >= 15 is 0 Å². The highest BCUT2D eigenvalue weighted by Crippen LogP contribution is 2.26. The van der Waals surface area contributed by atoms with Gasteiger partial charge in [0.25, 0.3) is 0 Å². The fourth-order valence-electron chi connectivity index (χ4n) is 1.96. The molecule has 19 heavy (non-hydrogen) atoms. The molecule has 0 aliphatic carbocycles. The van der Waals surface area contributed by atoms with Crippen molar-refractivity contribution in [1.82, 2.24) is 10.4 Å². The first-order chi connectivity index (χ1) is 9.10. The van der Waals surface area contributed by atoms with Gasteiger partial charge in [0, 0.05) is 21.4 Å². The Morgan fingerprint density at radius 2 is 2.16 bits per heavy atom. The molecule has 1 atom stereocenters. The molecule has 1 unspecified atom stereocenters. The van der Waals surface area contributed by atoms with E-state index in [4.69, 9.17) is 17.4 Å². The molecule has 2 aromatic rings. The molecule has 1 aromatic carbocycles. The minimum absolute atomic E-state index is 0.0142. The highest BCUT2D eigenvalue weighted by molar-refractivity contribution is 9.10. The van der Waals surface area contributed by atoms with Gasteiger partial charge in [-0.3, -0.25) is 16.3 Å². The first-order valence-electron chi connectivity index (χ1n) is 5.92. The van der Waals surface area contributed by atoms with E-state index in [1.54, 1.807) is 6.20 Å². The van der Waals surface area contributed by atoms with Crippen molar-refractivity contribution in [3.63, 3.8) is 0 Å². The van der Waals surface area contributed by atoms with E-state index in [-0.39, 0.29) is 6.04 Å². The van der Waals surface area contributed by atoms with Crippen molar-refractivity contribution >= 4 is 27.5 Å². The molecule has 0 aliphatic rings. The van der Waals surface area contributed by atoms with Gasteiger partial charge in [-0.25, -0.2) is 0 Å². The van der Waals surface area contributed by atoms with Crippen molar-refractivity contribution in [1.29, 1.82) is 0 Å². The molecule has 1 heterocycles. The lowest BCUT2D eigenvalue weighted by atomic mass is 10.00. The number of nitrogens with one attached hydrogen (secondary N) is 1. The van der Waals surface area contributed by atoms with Crippen LogP contribution in [-0.2, 0) is 6.42 Å². The summed E-state index contributed by atoms with van der Waals surface area (Å²) in [5.41, 5.74) is 5.97. The van der Waals surface area contributed by atoms with Crippen molar-refractivity contribution in [3.8, 4) is 0 Å². The summed E-state index contributed by atoms with van der Waals surface area (Å²) in [4.78, 5) is 4.19. The lowest BCUT2D eigenvalue weighted by Gasteiger charge is -2.17. The largest absolute Gasteiger partial charge is 0.271 e. The zero-order chi connectivity index (χ0) is 13.8. The SMILES string of the molecule is Cc1cc(C(Cc2ccc(Br)cc2Cl)NN)ccn1. The average molecular weight is 341 g/mol. The summed E-state index contributed by atoms with van der Waals surface area (Å²) in [5.74, 6) is 5.66. The summed E-state index contributed by atoms with van der Waals surface area (Å²) in [6, 6.07) is 9.88. The maximum Gasteiger partial charge on any atom is 0.0502 e. The fourth-order valence-corrected chi connectivity index (χ4v) is 2.71. The predicted molar refractivity (Wildman–Crippen MR) is 81.9 cm³/mol. The van der Waals surface area contributed by atoms with E-state index in [0.717, 1.165) is 32.7 Å². The number of nitrogens with zero attached hydrogens (tertiary/aromatic N) is 1. The number of rotatable bonds is 4. The Morgan fingerprint density at radius 1 is 1.37 bits per heavy atom. The second-order valence-corrected chi connectivity index (χ2v) is 5.71. The van der Waals surface area contributed by atoms with Gasteiger partial charge in [0.2, 0.25) is 0 Å². The number of halogens is 2. The molecule has 100 valence electrons. The van der Waals surface area contributed by atoms with Gasteiger partial charge in [-0.2, -0.15) is 0 Å². The monoisotopic (exact) mass is 339 g/mol. The standard InChI is InChI=1S/C14H15BrClN3/c1-9-6-11(4-5-18-9)14(19-17)7-10-2-3-12(15)8-13(10)16/h2-6,8,14,19H,7,17H2,1H3. The number of benzene rings is 1. The number of pyridine rings is 1. The van der Waals surface area contributed by atoms with Crippen LogP contribution in [0, 0.1) is 6.92 Å². The maximum absolute atomic E-state index is 6.24. The van der Waals surface area contributed by atoms with Crippen LogP contribution >= 0.6 is 27.5 Å². The molecule has 3 N–H and O–H groups in total. The van der Waals surface area contributed by atoms with Gasteiger partial charge in [-0.05, 0) is 48.7 Å². The molecule has 0 aliphatic heterocycles. The van der Waals surface area contributed by atoms with Crippen LogP contribution in [0.25, 0.3) is 0 Å². The molecule has 0 fully saturated rings. The third kappa shape index (κ3) is 3.76. The van der Waals surface area contributed by atoms with Crippen LogP contribution in [0.3, 0.4) is 0 Å². The lowest BCUT2D eigenvalue weighted by Crippen LogP contribution is -2.29. The maximum atomic E-state index is 6.24. The summed E-state index contributed by atoms with van der Waals surface area (Å²) < 4.78 is 0.971. The second-order valence-electron chi connectivity index (χ2n) is 4.39. The van der Waals surface area contributed by atoms with E-state index in [0.29, 0.717) is 0 Å². The van der Waals surface area contributed by atoms with Gasteiger partial charge >= 0.3 is 0 Å². The van der Waals surface area contributed by atoms with Crippen LogP contribution in [0.4, 0.5) is 0 Å². The molecule has 0 radical (unpaired) electrons. The van der Waals surface area contributed by atoms with Gasteiger partial charge in [-0.15, -0.1) is 0 Å². The molecule has 1 aromatic heterocycles. The number of aromatic nitrogens is 1. The first kappa shape index (κ1) is 14.5. The van der Waals surface area contributed by atoms with Crippen molar-refractivity contribution in [2.45, 2.75) is 19.4 Å². The highest BCUT2D eigenvalue weighted by Gasteiger charge is 2.13. The minimum Gasteiger partial charge on any atom is -0.271 e. The van der Waals surface area contributed by atoms with Crippen molar-refractivity contribution in [2.75, 3.05) is 0 Å². The molecule has 3 nitrogen and oxygen atoms in total. The van der Waals surface area contributed by atoms with Gasteiger partial charge in [0.1, 0.15) is 0 Å². The van der Waals surface area contributed by atoms with E-state index in [1.807, 2.05) is 37.3 Å². The summed E-state index contributed by atoms with van der Waals surface area (Å²) in [6.07, 6.45) is 2.52. The van der Waals surface area contributed by atoms with Crippen LogP contribution in [0.1, 0.15) is 22.9 Å². The average Bonchev–Trinajstić information content (AvgIpc) is 2.38. The normalized spacial score (nSPS) is 12.4. The Balaban J connectivity index is 2.24. The first-order valence-corrected chi connectivity index (χ1v) is 7.10. The molecular formula is C14H15BrClN3. The molecule has 0 amide bonds. The molecule has 0 saturated carbocycles. The van der Waals surface area contributed by atoms with Crippen LogP contribution in [0.2, 0.25) is 5.02 Å². The van der Waals surface area contributed by atoms with Crippen LogP contribution < -0.4 is 11.3 Å². The Bertz CT molecular complexity index is 574. The molecule has 0 spiro atoms. The van der Waals surface area contributed by atoms with Gasteiger partial charge in [0.15, 0.2) is 0 Å². The van der Waals surface area contributed by atoms with Crippen molar-refractivity contribution in [2.24, 2.45) is 5.84 Å². The van der Waals surface area contributed by atoms with E-state index in [2.05, 4.69) is 26.3 Å². The minimum atomic E-state index is 0.0142. The van der Waals surface area contributed by atoms with E-state index in [1.165, 1.54) is 0 Å². The van der Waals surface area contributed by atoms with E-state index in [9.17, 15) is 0 Å². The van der Waals surface area contributed by atoms with Crippen LogP contribution in [-0.4, -0.2) is 4.98 Å².